The SMILES string of the molecule is CCn1c(=NC(=O)c2ccn(C)n2)sc2cc(F)ccc21. The lowest BCUT2D eigenvalue weighted by atomic mass is 10.3. The molecular formula is C14H13FN4OS. The summed E-state index contributed by atoms with van der Waals surface area (Å²) in [5, 5.41) is 4.04. The van der Waals surface area contributed by atoms with Crippen molar-refractivity contribution in [1.82, 2.24) is 14.3 Å². The predicted octanol–water partition coefficient (Wildman–Crippen LogP) is 2.34. The molecule has 108 valence electrons. The molecule has 5 nitrogen and oxygen atoms in total. The number of aryl methyl sites for hydroxylation is 2. The van der Waals surface area contributed by atoms with Gasteiger partial charge >= 0.3 is 0 Å². The number of nitrogens with zero attached hydrogens (tertiary/aromatic N) is 4. The molecule has 0 saturated heterocycles. The molecule has 0 aliphatic heterocycles. The second-order valence-corrected chi connectivity index (χ2v) is 5.54. The second kappa shape index (κ2) is 5.25. The van der Waals surface area contributed by atoms with Crippen molar-refractivity contribution in [1.29, 1.82) is 0 Å². The van der Waals surface area contributed by atoms with E-state index in [4.69, 9.17) is 0 Å². The highest BCUT2D eigenvalue weighted by Gasteiger charge is 2.10. The molecule has 0 unspecified atom stereocenters. The van der Waals surface area contributed by atoms with Crippen molar-refractivity contribution in [2.75, 3.05) is 0 Å². The Morgan fingerprint density at radius 1 is 1.43 bits per heavy atom. The topological polar surface area (TPSA) is 52.2 Å². The molecule has 21 heavy (non-hydrogen) atoms. The van der Waals surface area contributed by atoms with Gasteiger partial charge in [-0.1, -0.05) is 11.3 Å². The molecule has 0 aliphatic carbocycles. The average Bonchev–Trinajstić information content (AvgIpc) is 3.01. The standard InChI is InChI=1S/C14H13FN4OS/c1-3-19-11-5-4-9(15)8-12(11)21-14(19)16-13(20)10-6-7-18(2)17-10/h4-8H,3H2,1-2H3. The lowest BCUT2D eigenvalue weighted by Crippen LogP contribution is -2.16. The van der Waals surface area contributed by atoms with Gasteiger partial charge < -0.3 is 4.57 Å². The third-order valence-corrected chi connectivity index (χ3v) is 4.13. The van der Waals surface area contributed by atoms with Crippen LogP contribution >= 0.6 is 11.3 Å². The maximum Gasteiger partial charge on any atom is 0.300 e. The molecule has 3 aromatic rings. The van der Waals surface area contributed by atoms with Gasteiger partial charge in [0.25, 0.3) is 5.91 Å². The Labute approximate surface area is 124 Å². The molecule has 1 aromatic carbocycles. The Morgan fingerprint density at radius 3 is 2.90 bits per heavy atom. The highest BCUT2D eigenvalue weighted by Crippen LogP contribution is 2.18. The number of amides is 1. The van der Waals surface area contributed by atoms with Crippen molar-refractivity contribution in [3.05, 3.63) is 46.8 Å². The lowest BCUT2D eigenvalue weighted by molar-refractivity contribution is 0.0992. The first kappa shape index (κ1) is 13.7. The summed E-state index contributed by atoms with van der Waals surface area (Å²) in [5.41, 5.74) is 1.17. The first-order valence-corrected chi connectivity index (χ1v) is 7.27. The van der Waals surface area contributed by atoms with Crippen molar-refractivity contribution in [2.24, 2.45) is 12.0 Å². The average molecular weight is 304 g/mol. The summed E-state index contributed by atoms with van der Waals surface area (Å²) in [6, 6.07) is 6.19. The number of hydrogen-bond donors (Lipinski definition) is 0. The van der Waals surface area contributed by atoms with E-state index >= 15 is 0 Å². The fourth-order valence-electron chi connectivity index (χ4n) is 2.11. The van der Waals surface area contributed by atoms with Crippen LogP contribution in [0.2, 0.25) is 0 Å². The lowest BCUT2D eigenvalue weighted by Gasteiger charge is -1.99. The van der Waals surface area contributed by atoms with Gasteiger partial charge in [-0.3, -0.25) is 9.48 Å². The normalized spacial score (nSPS) is 12.2. The number of aromatic nitrogens is 3. The fourth-order valence-corrected chi connectivity index (χ4v) is 3.23. The third kappa shape index (κ3) is 2.52. The smallest absolute Gasteiger partial charge is 0.300 e. The molecule has 0 bridgehead atoms. The van der Waals surface area contributed by atoms with E-state index in [2.05, 4.69) is 10.1 Å². The van der Waals surface area contributed by atoms with E-state index in [1.54, 1.807) is 30.1 Å². The number of rotatable bonds is 2. The minimum absolute atomic E-state index is 0.295. The highest BCUT2D eigenvalue weighted by atomic mass is 32.1. The number of hydrogen-bond acceptors (Lipinski definition) is 3. The summed E-state index contributed by atoms with van der Waals surface area (Å²) in [5.74, 6) is -0.695. The number of benzene rings is 1. The van der Waals surface area contributed by atoms with Gasteiger partial charge in [-0.2, -0.15) is 10.1 Å². The summed E-state index contributed by atoms with van der Waals surface area (Å²) in [6.07, 6.45) is 1.69. The van der Waals surface area contributed by atoms with Gasteiger partial charge in [0.2, 0.25) is 0 Å². The Kier molecular flexibility index (Phi) is 3.42. The summed E-state index contributed by atoms with van der Waals surface area (Å²) in [7, 11) is 1.74. The van der Waals surface area contributed by atoms with E-state index in [0.717, 1.165) is 10.2 Å². The Morgan fingerprint density at radius 2 is 2.24 bits per heavy atom. The summed E-state index contributed by atoms with van der Waals surface area (Å²) in [6.45, 7) is 2.61. The number of thiazole rings is 1. The highest BCUT2D eigenvalue weighted by molar-refractivity contribution is 7.16. The fraction of sp³-hybridized carbons (Fsp3) is 0.214. The van der Waals surface area contributed by atoms with Gasteiger partial charge in [-0.15, -0.1) is 0 Å². The molecule has 7 heteroatoms. The molecule has 3 rings (SSSR count). The van der Waals surface area contributed by atoms with Crippen molar-refractivity contribution >= 4 is 27.5 Å². The molecule has 0 saturated carbocycles. The molecule has 1 amide bonds. The van der Waals surface area contributed by atoms with Crippen LogP contribution in [0.15, 0.2) is 35.5 Å². The van der Waals surface area contributed by atoms with Crippen molar-refractivity contribution in [3.63, 3.8) is 0 Å². The maximum atomic E-state index is 13.3. The molecule has 0 fully saturated rings. The first-order valence-electron chi connectivity index (χ1n) is 6.46. The van der Waals surface area contributed by atoms with Crippen LogP contribution in [0.25, 0.3) is 10.2 Å². The first-order chi connectivity index (χ1) is 10.1. The van der Waals surface area contributed by atoms with Gasteiger partial charge in [-0.05, 0) is 31.2 Å². The van der Waals surface area contributed by atoms with Crippen molar-refractivity contribution in [3.8, 4) is 0 Å². The van der Waals surface area contributed by atoms with Gasteiger partial charge in [0, 0.05) is 19.8 Å². The third-order valence-electron chi connectivity index (χ3n) is 3.09. The van der Waals surface area contributed by atoms with Crippen LogP contribution in [0.1, 0.15) is 17.4 Å². The van der Waals surface area contributed by atoms with E-state index < -0.39 is 5.91 Å². The minimum Gasteiger partial charge on any atom is -0.317 e. The van der Waals surface area contributed by atoms with Gasteiger partial charge in [0.15, 0.2) is 10.5 Å². The predicted molar refractivity (Wildman–Crippen MR) is 78.5 cm³/mol. The van der Waals surface area contributed by atoms with Crippen LogP contribution in [0, 0.1) is 5.82 Å². The van der Waals surface area contributed by atoms with Gasteiger partial charge in [0.1, 0.15) is 5.82 Å². The van der Waals surface area contributed by atoms with Crippen LogP contribution in [0.4, 0.5) is 4.39 Å². The monoisotopic (exact) mass is 304 g/mol. The Balaban J connectivity index is 2.15. The van der Waals surface area contributed by atoms with E-state index in [-0.39, 0.29) is 5.82 Å². The zero-order valence-electron chi connectivity index (χ0n) is 11.6. The van der Waals surface area contributed by atoms with E-state index in [1.165, 1.54) is 23.5 Å². The molecule has 0 radical (unpaired) electrons. The second-order valence-electron chi connectivity index (χ2n) is 4.53. The van der Waals surface area contributed by atoms with Gasteiger partial charge in [0.05, 0.1) is 10.2 Å². The van der Waals surface area contributed by atoms with E-state index in [9.17, 15) is 9.18 Å². The number of halogens is 1. The Bertz CT molecular complexity index is 890. The summed E-state index contributed by atoms with van der Waals surface area (Å²) < 4.78 is 17.5. The molecule has 2 aromatic heterocycles. The molecular weight excluding hydrogens is 291 g/mol. The molecule has 0 spiro atoms. The molecule has 2 heterocycles. The maximum absolute atomic E-state index is 13.3. The number of carbonyl (C=O) groups excluding carboxylic acids is 1. The van der Waals surface area contributed by atoms with Crippen LogP contribution in [-0.4, -0.2) is 20.3 Å². The number of carbonyl (C=O) groups is 1. The zero-order valence-corrected chi connectivity index (χ0v) is 12.4. The van der Waals surface area contributed by atoms with E-state index in [0.29, 0.717) is 17.0 Å². The quantitative estimate of drug-likeness (QED) is 0.729. The van der Waals surface area contributed by atoms with Crippen LogP contribution in [-0.2, 0) is 13.6 Å². The van der Waals surface area contributed by atoms with Crippen LogP contribution in [0.3, 0.4) is 0 Å². The Hall–Kier alpha value is -2.28. The van der Waals surface area contributed by atoms with Crippen LogP contribution < -0.4 is 4.80 Å². The number of fused-ring (bicyclic) bond motifs is 1. The van der Waals surface area contributed by atoms with Crippen LogP contribution in [0.5, 0.6) is 0 Å². The molecule has 0 atom stereocenters. The largest absolute Gasteiger partial charge is 0.317 e. The van der Waals surface area contributed by atoms with Crippen molar-refractivity contribution < 1.29 is 9.18 Å². The molecule has 0 N–H and O–H groups in total. The molecule has 0 aliphatic rings. The van der Waals surface area contributed by atoms with Crippen molar-refractivity contribution in [2.45, 2.75) is 13.5 Å². The summed E-state index contributed by atoms with van der Waals surface area (Å²) in [4.78, 5) is 16.8. The van der Waals surface area contributed by atoms with E-state index in [1.807, 2.05) is 11.5 Å². The van der Waals surface area contributed by atoms with Gasteiger partial charge in [-0.25, -0.2) is 4.39 Å². The minimum atomic E-state index is -0.398. The summed E-state index contributed by atoms with van der Waals surface area (Å²) >= 11 is 1.29. The zero-order chi connectivity index (χ0) is 15.0.